The van der Waals surface area contributed by atoms with Gasteiger partial charge in [-0.15, -0.1) is 0 Å². The minimum absolute atomic E-state index is 0.149. The molecule has 0 spiro atoms. The number of ether oxygens (including phenoxy) is 1. The Morgan fingerprint density at radius 3 is 2.25 bits per heavy atom. The quantitative estimate of drug-likeness (QED) is 0.759. The van der Waals surface area contributed by atoms with E-state index >= 15 is 0 Å². The van der Waals surface area contributed by atoms with Crippen molar-refractivity contribution in [1.29, 1.82) is 0 Å². The van der Waals surface area contributed by atoms with E-state index in [1.165, 1.54) is 18.1 Å². The molecule has 0 aliphatic carbocycles. The van der Waals surface area contributed by atoms with Crippen LogP contribution in [-0.4, -0.2) is 56.0 Å². The number of halogens is 1. The van der Waals surface area contributed by atoms with Gasteiger partial charge in [0.2, 0.25) is 5.91 Å². The van der Waals surface area contributed by atoms with E-state index in [1.54, 1.807) is 36.4 Å². The summed E-state index contributed by atoms with van der Waals surface area (Å²) in [5.41, 5.74) is 1.05. The Balaban J connectivity index is 1.47. The van der Waals surface area contributed by atoms with Crippen molar-refractivity contribution in [2.75, 3.05) is 43.1 Å². The normalized spacial score (nSPS) is 20.7. The molecule has 2 aliphatic rings. The number of nitrogens with zero attached hydrogens (tertiary/aromatic N) is 3. The number of anilines is 2. The molecule has 2 aromatic rings. The summed E-state index contributed by atoms with van der Waals surface area (Å²) in [6, 6.07) is 13.2. The van der Waals surface area contributed by atoms with Gasteiger partial charge in [0.1, 0.15) is 11.6 Å². The Labute approximate surface area is 163 Å². The molecule has 146 valence electrons. The van der Waals surface area contributed by atoms with Crippen LogP contribution < -0.4 is 14.5 Å². The van der Waals surface area contributed by atoms with Crippen molar-refractivity contribution >= 4 is 23.2 Å². The second kappa shape index (κ2) is 7.59. The molecule has 7 heteroatoms. The number of imide groups is 1. The van der Waals surface area contributed by atoms with Gasteiger partial charge in [0.05, 0.1) is 30.9 Å². The second-order valence-corrected chi connectivity index (χ2v) is 6.93. The fourth-order valence-electron chi connectivity index (χ4n) is 3.95. The fourth-order valence-corrected chi connectivity index (χ4v) is 3.95. The number of hydrogen-bond donors (Lipinski definition) is 0. The van der Waals surface area contributed by atoms with Gasteiger partial charge in [0.15, 0.2) is 0 Å². The van der Waals surface area contributed by atoms with Gasteiger partial charge < -0.3 is 9.64 Å². The van der Waals surface area contributed by atoms with Gasteiger partial charge >= 0.3 is 0 Å². The summed E-state index contributed by atoms with van der Waals surface area (Å²) in [7, 11) is 1.52. The molecule has 0 radical (unpaired) electrons. The summed E-state index contributed by atoms with van der Waals surface area (Å²) >= 11 is 0. The lowest BCUT2D eigenvalue weighted by Gasteiger charge is -2.38. The molecule has 0 bridgehead atoms. The van der Waals surface area contributed by atoms with Gasteiger partial charge in [-0.2, -0.15) is 0 Å². The molecule has 2 saturated heterocycles. The highest BCUT2D eigenvalue weighted by Gasteiger charge is 2.44. The van der Waals surface area contributed by atoms with E-state index in [9.17, 15) is 14.0 Å². The topological polar surface area (TPSA) is 53.1 Å². The Morgan fingerprint density at radius 1 is 0.929 bits per heavy atom. The van der Waals surface area contributed by atoms with E-state index in [0.29, 0.717) is 43.3 Å². The van der Waals surface area contributed by atoms with E-state index in [1.807, 2.05) is 15.9 Å². The first-order valence-electron chi connectivity index (χ1n) is 9.33. The molecule has 2 amide bonds. The van der Waals surface area contributed by atoms with E-state index in [4.69, 9.17) is 4.74 Å². The zero-order chi connectivity index (χ0) is 19.7. The average Bonchev–Trinajstić information content (AvgIpc) is 3.02. The molecule has 0 aromatic heterocycles. The molecule has 1 atom stereocenters. The van der Waals surface area contributed by atoms with Crippen LogP contribution in [0.3, 0.4) is 0 Å². The van der Waals surface area contributed by atoms with Crippen molar-refractivity contribution in [3.8, 4) is 5.75 Å². The molecule has 28 heavy (non-hydrogen) atoms. The van der Waals surface area contributed by atoms with Crippen molar-refractivity contribution in [2.45, 2.75) is 12.5 Å². The molecular weight excluding hydrogens is 361 g/mol. The maximum atomic E-state index is 14.0. The predicted octanol–water partition coefficient (Wildman–Crippen LogP) is 2.29. The van der Waals surface area contributed by atoms with E-state index in [-0.39, 0.29) is 24.1 Å². The van der Waals surface area contributed by atoms with Crippen LogP contribution in [0.15, 0.2) is 48.5 Å². The average molecular weight is 383 g/mol. The van der Waals surface area contributed by atoms with Gasteiger partial charge in [0, 0.05) is 26.2 Å². The van der Waals surface area contributed by atoms with Gasteiger partial charge in [-0.3, -0.25) is 14.5 Å². The smallest absolute Gasteiger partial charge is 0.251 e. The summed E-state index contributed by atoms with van der Waals surface area (Å²) in [4.78, 5) is 30.9. The van der Waals surface area contributed by atoms with Crippen LogP contribution in [-0.2, 0) is 9.59 Å². The zero-order valence-corrected chi connectivity index (χ0v) is 15.7. The standard InChI is InChI=1S/C21H22FN3O3/c1-28-19-9-5-4-8-17(19)25-20(26)14-18(21(25)27)24-12-10-23(11-13-24)16-7-3-2-6-15(16)22/h2-9,18H,10-14H2,1H3/t18-/m0/s1. The van der Waals surface area contributed by atoms with Crippen LogP contribution in [0.1, 0.15) is 6.42 Å². The largest absolute Gasteiger partial charge is 0.495 e. The lowest BCUT2D eigenvalue weighted by Crippen LogP contribution is -2.52. The van der Waals surface area contributed by atoms with Crippen molar-refractivity contribution in [2.24, 2.45) is 0 Å². The number of rotatable bonds is 4. The minimum Gasteiger partial charge on any atom is -0.495 e. The maximum absolute atomic E-state index is 14.0. The van der Waals surface area contributed by atoms with Gasteiger partial charge in [-0.1, -0.05) is 24.3 Å². The predicted molar refractivity (Wildman–Crippen MR) is 104 cm³/mol. The van der Waals surface area contributed by atoms with Gasteiger partial charge in [-0.05, 0) is 24.3 Å². The van der Waals surface area contributed by atoms with Crippen LogP contribution in [0.4, 0.5) is 15.8 Å². The minimum atomic E-state index is -0.486. The fraction of sp³-hybridized carbons (Fsp3) is 0.333. The van der Waals surface area contributed by atoms with Crippen molar-refractivity contribution < 1.29 is 18.7 Å². The second-order valence-electron chi connectivity index (χ2n) is 6.93. The summed E-state index contributed by atoms with van der Waals surface area (Å²) < 4.78 is 19.3. The van der Waals surface area contributed by atoms with Gasteiger partial charge in [0.25, 0.3) is 5.91 Å². The SMILES string of the molecule is COc1ccccc1N1C(=O)C[C@H](N2CCN(c3ccccc3F)CC2)C1=O. The molecule has 4 rings (SSSR count). The van der Waals surface area contributed by atoms with Crippen LogP contribution in [0.2, 0.25) is 0 Å². The monoisotopic (exact) mass is 383 g/mol. The number of carbonyl (C=O) groups is 2. The first-order chi connectivity index (χ1) is 13.6. The van der Waals surface area contributed by atoms with Crippen LogP contribution in [0, 0.1) is 5.82 Å². The number of benzene rings is 2. The number of para-hydroxylation sites is 3. The molecule has 2 aromatic carbocycles. The summed E-state index contributed by atoms with van der Waals surface area (Å²) in [6.07, 6.45) is 0.149. The first-order valence-corrected chi connectivity index (χ1v) is 9.33. The molecule has 0 N–H and O–H groups in total. The van der Waals surface area contributed by atoms with Crippen LogP contribution in [0.5, 0.6) is 5.75 Å². The number of piperazine rings is 1. The van der Waals surface area contributed by atoms with Crippen LogP contribution in [0.25, 0.3) is 0 Å². The highest BCUT2D eigenvalue weighted by atomic mass is 19.1. The highest BCUT2D eigenvalue weighted by molar-refractivity contribution is 6.23. The van der Waals surface area contributed by atoms with E-state index in [2.05, 4.69) is 0 Å². The molecule has 2 fully saturated rings. The summed E-state index contributed by atoms with van der Waals surface area (Å²) in [5, 5.41) is 0. The molecular formula is C21H22FN3O3. The Kier molecular flexibility index (Phi) is 5.00. The third-order valence-corrected chi connectivity index (χ3v) is 5.40. The van der Waals surface area contributed by atoms with E-state index < -0.39 is 6.04 Å². The Morgan fingerprint density at radius 2 is 1.57 bits per heavy atom. The number of hydrogen-bond acceptors (Lipinski definition) is 5. The summed E-state index contributed by atoms with van der Waals surface area (Å²) in [6.45, 7) is 2.40. The molecule has 0 unspecified atom stereocenters. The molecule has 2 heterocycles. The van der Waals surface area contributed by atoms with Crippen molar-refractivity contribution in [1.82, 2.24) is 4.90 Å². The molecule has 2 aliphatic heterocycles. The Hall–Kier alpha value is -2.93. The van der Waals surface area contributed by atoms with Crippen LogP contribution >= 0.6 is 0 Å². The molecule has 0 saturated carbocycles. The lowest BCUT2D eigenvalue weighted by molar-refractivity contribution is -0.123. The highest BCUT2D eigenvalue weighted by Crippen LogP contribution is 2.33. The van der Waals surface area contributed by atoms with Crippen molar-refractivity contribution in [3.63, 3.8) is 0 Å². The van der Waals surface area contributed by atoms with E-state index in [0.717, 1.165) is 0 Å². The molecule has 6 nitrogen and oxygen atoms in total. The number of amides is 2. The Bertz CT molecular complexity index is 896. The number of methoxy groups -OCH3 is 1. The first kappa shape index (κ1) is 18.4. The maximum Gasteiger partial charge on any atom is 0.251 e. The third kappa shape index (κ3) is 3.22. The third-order valence-electron chi connectivity index (χ3n) is 5.40. The number of carbonyl (C=O) groups excluding carboxylic acids is 2. The zero-order valence-electron chi connectivity index (χ0n) is 15.7. The lowest BCUT2D eigenvalue weighted by atomic mass is 10.1. The van der Waals surface area contributed by atoms with Crippen molar-refractivity contribution in [3.05, 3.63) is 54.3 Å². The summed E-state index contributed by atoms with van der Waals surface area (Å²) in [5.74, 6) is -0.204. The van der Waals surface area contributed by atoms with Gasteiger partial charge in [-0.25, -0.2) is 9.29 Å².